The summed E-state index contributed by atoms with van der Waals surface area (Å²) in [4.78, 5) is 0. The molecule has 0 aliphatic heterocycles. The van der Waals surface area contributed by atoms with Crippen LogP contribution in [0.4, 0.5) is 5.69 Å². The van der Waals surface area contributed by atoms with Gasteiger partial charge in [-0.2, -0.15) is 0 Å². The van der Waals surface area contributed by atoms with Crippen molar-refractivity contribution in [2.24, 2.45) is 5.92 Å². The minimum absolute atomic E-state index is 0.527. The molecule has 1 saturated carbocycles. The summed E-state index contributed by atoms with van der Waals surface area (Å²) in [6, 6.07) is 8.73. The van der Waals surface area contributed by atoms with Crippen LogP contribution in [-0.4, -0.2) is 21.0 Å². The minimum atomic E-state index is 0.527. The summed E-state index contributed by atoms with van der Waals surface area (Å²) in [7, 11) is 0. The van der Waals surface area contributed by atoms with Gasteiger partial charge >= 0.3 is 0 Å². The van der Waals surface area contributed by atoms with Crippen molar-refractivity contribution < 1.29 is 0 Å². The molecule has 4 heteroatoms. The van der Waals surface area contributed by atoms with Gasteiger partial charge in [-0.15, -0.1) is 5.10 Å². The Kier molecular flexibility index (Phi) is 2.55. The third-order valence-corrected chi connectivity index (χ3v) is 3.29. The highest BCUT2D eigenvalue weighted by Gasteiger charge is 2.28. The van der Waals surface area contributed by atoms with E-state index in [2.05, 4.69) is 34.7 Å². The molecular weight excluding hydrogens is 212 g/mol. The molecular formula is C13H16N4. The van der Waals surface area contributed by atoms with Crippen molar-refractivity contribution in [2.75, 3.05) is 5.32 Å². The Hall–Kier alpha value is -1.84. The van der Waals surface area contributed by atoms with Crippen LogP contribution in [-0.2, 0) is 0 Å². The van der Waals surface area contributed by atoms with Crippen LogP contribution in [0, 0.1) is 5.92 Å². The highest BCUT2D eigenvalue weighted by Crippen LogP contribution is 2.34. The molecule has 2 aromatic rings. The molecule has 0 bridgehead atoms. The largest absolute Gasteiger partial charge is 0.381 e. The van der Waals surface area contributed by atoms with E-state index in [9.17, 15) is 0 Å². The smallest absolute Gasteiger partial charge is 0.0894 e. The van der Waals surface area contributed by atoms with Gasteiger partial charge in [0, 0.05) is 6.04 Å². The maximum Gasteiger partial charge on any atom is 0.0894 e. The fraction of sp³-hybridized carbons (Fsp3) is 0.385. The van der Waals surface area contributed by atoms with Crippen molar-refractivity contribution >= 4 is 5.69 Å². The average molecular weight is 228 g/mol. The van der Waals surface area contributed by atoms with E-state index < -0.39 is 0 Å². The minimum Gasteiger partial charge on any atom is -0.381 e. The second-order valence-electron chi connectivity index (χ2n) is 4.64. The van der Waals surface area contributed by atoms with Gasteiger partial charge in [0.15, 0.2) is 0 Å². The number of para-hydroxylation sites is 2. The van der Waals surface area contributed by atoms with E-state index in [0.29, 0.717) is 6.04 Å². The zero-order valence-corrected chi connectivity index (χ0v) is 9.87. The van der Waals surface area contributed by atoms with Crippen molar-refractivity contribution in [2.45, 2.75) is 25.8 Å². The van der Waals surface area contributed by atoms with Crippen molar-refractivity contribution in [1.82, 2.24) is 15.0 Å². The highest BCUT2D eigenvalue weighted by molar-refractivity contribution is 5.61. The van der Waals surface area contributed by atoms with Crippen molar-refractivity contribution in [1.29, 1.82) is 0 Å². The van der Waals surface area contributed by atoms with Gasteiger partial charge in [-0.3, -0.25) is 0 Å². The summed E-state index contributed by atoms with van der Waals surface area (Å²) in [5.41, 5.74) is 2.18. The van der Waals surface area contributed by atoms with Crippen LogP contribution in [0.25, 0.3) is 5.69 Å². The van der Waals surface area contributed by atoms with E-state index in [1.54, 1.807) is 10.9 Å². The highest BCUT2D eigenvalue weighted by atomic mass is 15.4. The molecule has 1 N–H and O–H groups in total. The van der Waals surface area contributed by atoms with Crippen LogP contribution in [0.15, 0.2) is 36.7 Å². The molecule has 0 radical (unpaired) electrons. The molecule has 0 saturated heterocycles. The SMILES string of the molecule is CC(Nc1ccccc1-n1ccnn1)C1CC1. The monoisotopic (exact) mass is 228 g/mol. The summed E-state index contributed by atoms with van der Waals surface area (Å²) in [6.07, 6.45) is 6.25. The number of anilines is 1. The van der Waals surface area contributed by atoms with Crippen LogP contribution in [0.3, 0.4) is 0 Å². The summed E-state index contributed by atoms with van der Waals surface area (Å²) < 4.78 is 1.79. The Labute approximate surface area is 101 Å². The fourth-order valence-electron chi connectivity index (χ4n) is 2.09. The van der Waals surface area contributed by atoms with Gasteiger partial charge in [0.05, 0.1) is 23.8 Å². The van der Waals surface area contributed by atoms with Crippen LogP contribution >= 0.6 is 0 Å². The first-order chi connectivity index (χ1) is 8.34. The van der Waals surface area contributed by atoms with Gasteiger partial charge in [-0.05, 0) is 37.8 Å². The predicted molar refractivity (Wildman–Crippen MR) is 67.2 cm³/mol. The van der Waals surface area contributed by atoms with Gasteiger partial charge in [-0.1, -0.05) is 17.3 Å². The van der Waals surface area contributed by atoms with E-state index in [4.69, 9.17) is 0 Å². The molecule has 3 rings (SSSR count). The number of hydrogen-bond donors (Lipinski definition) is 1. The number of hydrogen-bond acceptors (Lipinski definition) is 3. The van der Waals surface area contributed by atoms with Gasteiger partial charge in [0.2, 0.25) is 0 Å². The van der Waals surface area contributed by atoms with E-state index >= 15 is 0 Å². The standard InChI is InChI=1S/C13H16N4/c1-10(11-6-7-11)15-12-4-2-3-5-13(12)17-9-8-14-16-17/h2-5,8-11,15H,6-7H2,1H3. The van der Waals surface area contributed by atoms with Crippen molar-refractivity contribution in [3.05, 3.63) is 36.7 Å². The first-order valence-corrected chi connectivity index (χ1v) is 6.07. The number of rotatable bonds is 4. The zero-order valence-electron chi connectivity index (χ0n) is 9.87. The van der Waals surface area contributed by atoms with Gasteiger partial charge in [-0.25, -0.2) is 4.68 Å². The van der Waals surface area contributed by atoms with E-state index in [1.165, 1.54) is 12.8 Å². The first-order valence-electron chi connectivity index (χ1n) is 6.07. The summed E-state index contributed by atoms with van der Waals surface area (Å²) in [5, 5.41) is 11.5. The van der Waals surface area contributed by atoms with E-state index in [-0.39, 0.29) is 0 Å². The molecule has 1 aliphatic rings. The molecule has 4 nitrogen and oxygen atoms in total. The topological polar surface area (TPSA) is 42.7 Å². The molecule has 1 aliphatic carbocycles. The third-order valence-electron chi connectivity index (χ3n) is 3.29. The Morgan fingerprint density at radius 1 is 1.35 bits per heavy atom. The molecule has 1 fully saturated rings. The second kappa shape index (κ2) is 4.20. The van der Waals surface area contributed by atoms with Crippen LogP contribution in [0.5, 0.6) is 0 Å². The summed E-state index contributed by atoms with van der Waals surface area (Å²) in [5.74, 6) is 0.832. The van der Waals surface area contributed by atoms with Crippen LogP contribution in [0.2, 0.25) is 0 Å². The third kappa shape index (κ3) is 2.16. The van der Waals surface area contributed by atoms with Crippen LogP contribution in [0.1, 0.15) is 19.8 Å². The Morgan fingerprint density at radius 2 is 2.18 bits per heavy atom. The lowest BCUT2D eigenvalue weighted by molar-refractivity contribution is 0.691. The van der Waals surface area contributed by atoms with Crippen LogP contribution < -0.4 is 5.32 Å². The number of benzene rings is 1. The summed E-state index contributed by atoms with van der Waals surface area (Å²) in [6.45, 7) is 2.25. The zero-order chi connectivity index (χ0) is 11.7. The lowest BCUT2D eigenvalue weighted by Gasteiger charge is -2.17. The lowest BCUT2D eigenvalue weighted by Crippen LogP contribution is -2.18. The molecule has 1 aromatic carbocycles. The predicted octanol–water partition coefficient (Wildman–Crippen LogP) is 2.48. The Balaban J connectivity index is 1.88. The van der Waals surface area contributed by atoms with E-state index in [1.807, 2.05) is 18.3 Å². The molecule has 1 unspecified atom stereocenters. The molecule has 1 atom stereocenters. The molecule has 0 amide bonds. The Bertz CT molecular complexity index is 488. The molecule has 88 valence electrons. The number of aromatic nitrogens is 3. The first kappa shape index (κ1) is 10.3. The van der Waals surface area contributed by atoms with E-state index in [0.717, 1.165) is 17.3 Å². The lowest BCUT2D eigenvalue weighted by atomic mass is 10.2. The molecule has 0 spiro atoms. The molecule has 1 aromatic heterocycles. The quantitative estimate of drug-likeness (QED) is 0.874. The second-order valence-corrected chi connectivity index (χ2v) is 4.64. The van der Waals surface area contributed by atoms with Gasteiger partial charge in [0.1, 0.15) is 0 Å². The summed E-state index contributed by atoms with van der Waals surface area (Å²) >= 11 is 0. The maximum absolute atomic E-state index is 4.04. The number of nitrogens with zero attached hydrogens (tertiary/aromatic N) is 3. The maximum atomic E-state index is 4.04. The average Bonchev–Trinajstić information content (AvgIpc) is 3.06. The van der Waals surface area contributed by atoms with Crippen molar-refractivity contribution in [3.8, 4) is 5.69 Å². The molecule has 1 heterocycles. The normalized spacial score (nSPS) is 16.8. The van der Waals surface area contributed by atoms with Crippen molar-refractivity contribution in [3.63, 3.8) is 0 Å². The fourth-order valence-corrected chi connectivity index (χ4v) is 2.09. The molecule has 17 heavy (non-hydrogen) atoms. The van der Waals surface area contributed by atoms with Gasteiger partial charge < -0.3 is 5.32 Å². The Morgan fingerprint density at radius 3 is 2.88 bits per heavy atom. The number of nitrogens with one attached hydrogen (secondary N) is 1. The van der Waals surface area contributed by atoms with Gasteiger partial charge in [0.25, 0.3) is 0 Å².